The van der Waals surface area contributed by atoms with Crippen molar-refractivity contribution in [1.29, 1.82) is 0 Å². The van der Waals surface area contributed by atoms with Crippen LogP contribution in [0.2, 0.25) is 5.02 Å². The number of hydrogen-bond donors (Lipinski definition) is 2. The first-order chi connectivity index (χ1) is 14.3. The summed E-state index contributed by atoms with van der Waals surface area (Å²) in [6, 6.07) is 12.4. The number of benzene rings is 2. The van der Waals surface area contributed by atoms with Gasteiger partial charge < -0.3 is 10.0 Å². The number of halogens is 1. The van der Waals surface area contributed by atoms with Gasteiger partial charge in [0.1, 0.15) is 5.57 Å². The Hall–Kier alpha value is -2.74. The Morgan fingerprint density at radius 2 is 1.90 bits per heavy atom. The van der Waals surface area contributed by atoms with Gasteiger partial charge in [0.2, 0.25) is 0 Å². The predicted octanol–water partition coefficient (Wildman–Crippen LogP) is 3.30. The first kappa shape index (κ1) is 22.0. The van der Waals surface area contributed by atoms with Gasteiger partial charge in [-0.25, -0.2) is 0 Å². The number of likely N-dealkylation sites (N-methyl/N-ethyl adjacent to an activating group) is 1. The molecule has 1 aliphatic heterocycles. The highest BCUT2D eigenvalue weighted by Crippen LogP contribution is 2.25. The normalized spacial score (nSPS) is 15.5. The van der Waals surface area contributed by atoms with Gasteiger partial charge in [-0.2, -0.15) is 0 Å². The molecule has 2 N–H and O–H groups in total. The van der Waals surface area contributed by atoms with Crippen molar-refractivity contribution in [3.8, 4) is 0 Å². The SMILES string of the molecule is CCN(CCO)c1ccc(C=C2C(=O)NC(=S)N(c3ccc(Cl)cc3)C2=O)c(C)c1. The van der Waals surface area contributed by atoms with Gasteiger partial charge in [-0.1, -0.05) is 17.7 Å². The second kappa shape index (κ2) is 9.38. The Bertz CT molecular complexity index is 1020. The Morgan fingerprint density at radius 1 is 1.20 bits per heavy atom. The van der Waals surface area contributed by atoms with Crippen molar-refractivity contribution in [3.63, 3.8) is 0 Å². The van der Waals surface area contributed by atoms with Crippen LogP contribution in [-0.4, -0.2) is 41.7 Å². The second-order valence-corrected chi connectivity index (χ2v) is 7.60. The van der Waals surface area contributed by atoms with E-state index in [1.807, 2.05) is 36.9 Å². The third kappa shape index (κ3) is 4.53. The number of aliphatic hydroxyl groups excluding tert-OH is 1. The molecule has 3 rings (SSSR count). The molecule has 0 radical (unpaired) electrons. The molecule has 2 aromatic carbocycles. The van der Waals surface area contributed by atoms with Crippen molar-refractivity contribution < 1.29 is 14.7 Å². The fourth-order valence-corrected chi connectivity index (χ4v) is 3.65. The molecule has 0 spiro atoms. The highest BCUT2D eigenvalue weighted by Gasteiger charge is 2.34. The van der Waals surface area contributed by atoms with Gasteiger partial charge >= 0.3 is 0 Å². The van der Waals surface area contributed by atoms with Crippen molar-refractivity contribution in [3.05, 3.63) is 64.2 Å². The fourth-order valence-electron chi connectivity index (χ4n) is 3.25. The standard InChI is InChI=1S/C22H22ClN3O3S/c1-3-25(10-11-27)18-7-4-15(14(2)12-18)13-19-20(28)24-22(30)26(21(19)29)17-8-5-16(23)6-9-17/h4-9,12-13,27H,3,10-11H2,1-2H3,(H,24,28,30). The summed E-state index contributed by atoms with van der Waals surface area (Å²) < 4.78 is 0. The minimum atomic E-state index is -0.533. The van der Waals surface area contributed by atoms with E-state index >= 15 is 0 Å². The summed E-state index contributed by atoms with van der Waals surface area (Å²) in [6.07, 6.45) is 1.57. The van der Waals surface area contributed by atoms with E-state index < -0.39 is 11.8 Å². The lowest BCUT2D eigenvalue weighted by atomic mass is 10.0. The molecule has 0 bridgehead atoms. The van der Waals surface area contributed by atoms with Crippen LogP contribution in [0.4, 0.5) is 11.4 Å². The Labute approximate surface area is 185 Å². The minimum Gasteiger partial charge on any atom is -0.395 e. The molecular weight excluding hydrogens is 422 g/mol. The number of rotatable bonds is 6. The second-order valence-electron chi connectivity index (χ2n) is 6.78. The van der Waals surface area contributed by atoms with Crippen LogP contribution in [0.3, 0.4) is 0 Å². The lowest BCUT2D eigenvalue weighted by molar-refractivity contribution is -0.122. The van der Waals surface area contributed by atoms with Gasteiger partial charge in [0.15, 0.2) is 5.11 Å². The first-order valence-corrected chi connectivity index (χ1v) is 10.3. The molecular formula is C22H22ClN3O3S. The van der Waals surface area contributed by atoms with Crippen molar-refractivity contribution in [2.75, 3.05) is 29.5 Å². The van der Waals surface area contributed by atoms with Crippen LogP contribution < -0.4 is 15.1 Å². The molecule has 156 valence electrons. The monoisotopic (exact) mass is 443 g/mol. The summed E-state index contributed by atoms with van der Waals surface area (Å²) in [5, 5.41) is 12.4. The fraction of sp³-hybridized carbons (Fsp3) is 0.227. The van der Waals surface area contributed by atoms with Crippen molar-refractivity contribution in [2.24, 2.45) is 0 Å². The zero-order valence-electron chi connectivity index (χ0n) is 16.7. The van der Waals surface area contributed by atoms with Crippen molar-refractivity contribution in [2.45, 2.75) is 13.8 Å². The topological polar surface area (TPSA) is 72.9 Å². The molecule has 0 aromatic heterocycles. The van der Waals surface area contributed by atoms with E-state index in [1.165, 1.54) is 4.90 Å². The largest absolute Gasteiger partial charge is 0.395 e. The zero-order chi connectivity index (χ0) is 21.8. The van der Waals surface area contributed by atoms with Gasteiger partial charge in [-0.05, 0) is 79.7 Å². The molecule has 6 nitrogen and oxygen atoms in total. The number of nitrogens with one attached hydrogen (secondary N) is 1. The smallest absolute Gasteiger partial charge is 0.270 e. The summed E-state index contributed by atoms with van der Waals surface area (Å²) in [4.78, 5) is 28.9. The summed E-state index contributed by atoms with van der Waals surface area (Å²) in [5.74, 6) is -1.03. The van der Waals surface area contributed by atoms with E-state index in [4.69, 9.17) is 23.8 Å². The van der Waals surface area contributed by atoms with E-state index in [2.05, 4.69) is 5.32 Å². The highest BCUT2D eigenvalue weighted by atomic mass is 35.5. The number of aliphatic hydroxyl groups is 1. The molecule has 30 heavy (non-hydrogen) atoms. The molecule has 0 unspecified atom stereocenters. The number of carbonyl (C=O) groups is 2. The predicted molar refractivity (Wildman–Crippen MR) is 124 cm³/mol. The van der Waals surface area contributed by atoms with Crippen LogP contribution in [0, 0.1) is 6.92 Å². The van der Waals surface area contributed by atoms with Crippen LogP contribution in [0.5, 0.6) is 0 Å². The van der Waals surface area contributed by atoms with Crippen LogP contribution in [-0.2, 0) is 9.59 Å². The molecule has 1 heterocycles. The average Bonchev–Trinajstić information content (AvgIpc) is 2.71. The number of amides is 2. The molecule has 0 saturated carbocycles. The third-order valence-electron chi connectivity index (χ3n) is 4.86. The number of nitrogens with zero attached hydrogens (tertiary/aromatic N) is 2. The maximum Gasteiger partial charge on any atom is 0.270 e. The molecule has 2 aromatic rings. The molecule has 2 amide bonds. The quantitative estimate of drug-likeness (QED) is 0.407. The van der Waals surface area contributed by atoms with E-state index in [9.17, 15) is 14.7 Å². The van der Waals surface area contributed by atoms with Gasteiger partial charge in [0.05, 0.1) is 12.3 Å². The summed E-state index contributed by atoms with van der Waals surface area (Å²) in [7, 11) is 0. The highest BCUT2D eigenvalue weighted by molar-refractivity contribution is 7.80. The van der Waals surface area contributed by atoms with Gasteiger partial charge in [0, 0.05) is 23.8 Å². The molecule has 8 heteroatoms. The van der Waals surface area contributed by atoms with Crippen LogP contribution in [0.1, 0.15) is 18.1 Å². The maximum absolute atomic E-state index is 13.1. The van der Waals surface area contributed by atoms with Crippen LogP contribution in [0.15, 0.2) is 48.0 Å². The Morgan fingerprint density at radius 3 is 2.50 bits per heavy atom. The minimum absolute atomic E-state index is 0.00268. The molecule has 1 saturated heterocycles. The molecule has 0 aliphatic carbocycles. The van der Waals surface area contributed by atoms with E-state index in [0.717, 1.165) is 23.4 Å². The summed E-state index contributed by atoms with van der Waals surface area (Å²) in [5.41, 5.74) is 3.14. The van der Waals surface area contributed by atoms with Crippen molar-refractivity contribution >= 4 is 58.2 Å². The Kier molecular flexibility index (Phi) is 6.87. The third-order valence-corrected chi connectivity index (χ3v) is 5.39. The number of hydrogen-bond acceptors (Lipinski definition) is 5. The summed E-state index contributed by atoms with van der Waals surface area (Å²) in [6.45, 7) is 5.28. The number of aryl methyl sites for hydroxylation is 1. The molecule has 0 atom stereocenters. The van der Waals surface area contributed by atoms with Crippen LogP contribution >= 0.6 is 23.8 Å². The lowest BCUT2D eigenvalue weighted by Gasteiger charge is -2.29. The number of thiocarbonyl (C=S) groups is 1. The summed E-state index contributed by atoms with van der Waals surface area (Å²) >= 11 is 11.1. The number of anilines is 2. The van der Waals surface area contributed by atoms with E-state index in [1.54, 1.807) is 30.3 Å². The van der Waals surface area contributed by atoms with E-state index in [-0.39, 0.29) is 17.3 Å². The average molecular weight is 444 g/mol. The Balaban J connectivity index is 1.95. The van der Waals surface area contributed by atoms with Gasteiger partial charge in [-0.15, -0.1) is 0 Å². The van der Waals surface area contributed by atoms with Gasteiger partial charge in [-0.3, -0.25) is 19.8 Å². The lowest BCUT2D eigenvalue weighted by Crippen LogP contribution is -2.54. The first-order valence-electron chi connectivity index (χ1n) is 9.49. The maximum atomic E-state index is 13.1. The van der Waals surface area contributed by atoms with E-state index in [0.29, 0.717) is 17.3 Å². The number of carbonyl (C=O) groups excluding carboxylic acids is 2. The van der Waals surface area contributed by atoms with Crippen molar-refractivity contribution in [1.82, 2.24) is 5.32 Å². The van der Waals surface area contributed by atoms with Crippen LogP contribution in [0.25, 0.3) is 6.08 Å². The zero-order valence-corrected chi connectivity index (χ0v) is 18.3. The van der Waals surface area contributed by atoms with Gasteiger partial charge in [0.25, 0.3) is 11.8 Å². The molecule has 1 aliphatic rings. The molecule has 1 fully saturated rings.